The summed E-state index contributed by atoms with van der Waals surface area (Å²) in [6.45, 7) is 3.06. The van der Waals surface area contributed by atoms with Crippen LogP contribution in [0.25, 0.3) is 0 Å². The summed E-state index contributed by atoms with van der Waals surface area (Å²) in [5.41, 5.74) is 2.78. The van der Waals surface area contributed by atoms with Gasteiger partial charge in [0, 0.05) is 20.1 Å². The Labute approximate surface area is 154 Å². The Balaban J connectivity index is 1.84. The second-order valence-electron chi connectivity index (χ2n) is 5.88. The average molecular weight is 359 g/mol. The second-order valence-corrected chi connectivity index (χ2v) is 5.88. The first kappa shape index (κ1) is 19.6. The molecular formula is C20H26FN3O2. The van der Waals surface area contributed by atoms with Gasteiger partial charge >= 0.3 is 0 Å². The van der Waals surface area contributed by atoms with Gasteiger partial charge in [-0.05, 0) is 48.2 Å². The lowest BCUT2D eigenvalue weighted by Crippen LogP contribution is -2.37. The third-order valence-corrected chi connectivity index (χ3v) is 4.06. The van der Waals surface area contributed by atoms with Crippen molar-refractivity contribution in [2.24, 2.45) is 4.99 Å². The molecule has 0 heterocycles. The quantitative estimate of drug-likeness (QED) is 0.589. The molecule has 26 heavy (non-hydrogen) atoms. The molecule has 6 heteroatoms. The van der Waals surface area contributed by atoms with Crippen LogP contribution in [0.15, 0.2) is 41.4 Å². The van der Waals surface area contributed by atoms with Crippen LogP contribution in [0.3, 0.4) is 0 Å². The highest BCUT2D eigenvalue weighted by atomic mass is 19.1. The number of methoxy groups -OCH3 is 2. The zero-order valence-corrected chi connectivity index (χ0v) is 15.7. The second kappa shape index (κ2) is 9.65. The van der Waals surface area contributed by atoms with Crippen LogP contribution < -0.4 is 20.1 Å². The molecule has 0 radical (unpaired) electrons. The molecular weight excluding hydrogens is 333 g/mol. The van der Waals surface area contributed by atoms with E-state index in [-0.39, 0.29) is 5.82 Å². The van der Waals surface area contributed by atoms with E-state index >= 15 is 0 Å². The minimum absolute atomic E-state index is 0.189. The van der Waals surface area contributed by atoms with Gasteiger partial charge in [0.2, 0.25) is 0 Å². The Hall–Kier alpha value is -2.76. The van der Waals surface area contributed by atoms with Crippen molar-refractivity contribution in [1.29, 1.82) is 0 Å². The number of halogens is 1. The smallest absolute Gasteiger partial charge is 0.191 e. The van der Waals surface area contributed by atoms with Crippen LogP contribution >= 0.6 is 0 Å². The molecule has 2 aromatic rings. The Morgan fingerprint density at radius 2 is 1.73 bits per heavy atom. The van der Waals surface area contributed by atoms with Crippen LogP contribution in [0, 0.1) is 12.7 Å². The molecule has 0 spiro atoms. The van der Waals surface area contributed by atoms with E-state index in [2.05, 4.69) is 15.6 Å². The fourth-order valence-corrected chi connectivity index (χ4v) is 2.58. The maximum absolute atomic E-state index is 13.3. The molecule has 0 bridgehead atoms. The molecule has 2 N–H and O–H groups in total. The molecule has 0 atom stereocenters. The number of aryl methyl sites for hydroxylation is 1. The number of hydrogen-bond acceptors (Lipinski definition) is 3. The van der Waals surface area contributed by atoms with E-state index in [0.717, 1.165) is 35.6 Å². The van der Waals surface area contributed by atoms with Crippen LogP contribution in [0.5, 0.6) is 11.5 Å². The average Bonchev–Trinajstić information content (AvgIpc) is 2.66. The van der Waals surface area contributed by atoms with E-state index in [4.69, 9.17) is 9.47 Å². The molecule has 0 aliphatic heterocycles. The van der Waals surface area contributed by atoms with Crippen LogP contribution in [-0.2, 0) is 13.0 Å². The number of hydrogen-bond donors (Lipinski definition) is 2. The summed E-state index contributed by atoms with van der Waals surface area (Å²) in [5.74, 6) is 1.95. The highest BCUT2D eigenvalue weighted by molar-refractivity contribution is 5.79. The van der Waals surface area contributed by atoms with Crippen molar-refractivity contribution in [3.8, 4) is 11.5 Å². The molecule has 140 valence electrons. The largest absolute Gasteiger partial charge is 0.493 e. The lowest BCUT2D eigenvalue weighted by atomic mass is 10.1. The maximum Gasteiger partial charge on any atom is 0.191 e. The predicted molar refractivity (Wildman–Crippen MR) is 103 cm³/mol. The highest BCUT2D eigenvalue weighted by Gasteiger charge is 2.05. The fraction of sp³-hybridized carbons (Fsp3) is 0.350. The van der Waals surface area contributed by atoms with Gasteiger partial charge in [-0.3, -0.25) is 4.99 Å². The summed E-state index contributed by atoms with van der Waals surface area (Å²) in [7, 11) is 4.97. The summed E-state index contributed by atoms with van der Waals surface area (Å²) in [6, 6.07) is 11.0. The minimum atomic E-state index is -0.189. The zero-order chi connectivity index (χ0) is 18.9. The Morgan fingerprint density at radius 3 is 2.38 bits per heavy atom. The van der Waals surface area contributed by atoms with Gasteiger partial charge in [-0.25, -0.2) is 4.39 Å². The van der Waals surface area contributed by atoms with Gasteiger partial charge in [-0.1, -0.05) is 18.2 Å². The van der Waals surface area contributed by atoms with Crippen LogP contribution in [0.1, 0.15) is 16.7 Å². The number of ether oxygens (including phenoxy) is 2. The van der Waals surface area contributed by atoms with Gasteiger partial charge in [0.05, 0.1) is 14.2 Å². The molecule has 0 aliphatic carbocycles. The van der Waals surface area contributed by atoms with Crippen molar-refractivity contribution in [2.75, 3.05) is 27.8 Å². The van der Waals surface area contributed by atoms with Crippen molar-refractivity contribution in [2.45, 2.75) is 19.9 Å². The first-order valence-corrected chi connectivity index (χ1v) is 8.47. The molecule has 0 aromatic heterocycles. The number of nitrogens with one attached hydrogen (secondary N) is 2. The Bertz CT molecular complexity index is 763. The zero-order valence-electron chi connectivity index (χ0n) is 15.7. The molecule has 0 aliphatic rings. The minimum Gasteiger partial charge on any atom is -0.493 e. The summed E-state index contributed by atoms with van der Waals surface area (Å²) in [4.78, 5) is 4.21. The molecule has 0 unspecified atom stereocenters. The van der Waals surface area contributed by atoms with E-state index in [0.29, 0.717) is 18.1 Å². The summed E-state index contributed by atoms with van der Waals surface area (Å²) in [5, 5.41) is 6.50. The number of benzene rings is 2. The summed E-state index contributed by atoms with van der Waals surface area (Å²) >= 11 is 0. The lowest BCUT2D eigenvalue weighted by Gasteiger charge is -2.13. The summed E-state index contributed by atoms with van der Waals surface area (Å²) in [6.07, 6.45) is 0.816. The number of aliphatic imine (C=N–C) groups is 1. The van der Waals surface area contributed by atoms with Gasteiger partial charge < -0.3 is 20.1 Å². The molecule has 5 nitrogen and oxygen atoms in total. The topological polar surface area (TPSA) is 54.9 Å². The lowest BCUT2D eigenvalue weighted by molar-refractivity contribution is 0.354. The molecule has 2 aromatic carbocycles. The highest BCUT2D eigenvalue weighted by Crippen LogP contribution is 2.27. The van der Waals surface area contributed by atoms with Crippen molar-refractivity contribution in [3.05, 3.63) is 58.9 Å². The van der Waals surface area contributed by atoms with E-state index in [9.17, 15) is 4.39 Å². The molecule has 0 saturated carbocycles. The Kier molecular flexibility index (Phi) is 7.26. The Morgan fingerprint density at radius 1 is 1.00 bits per heavy atom. The van der Waals surface area contributed by atoms with Crippen molar-refractivity contribution in [3.63, 3.8) is 0 Å². The van der Waals surface area contributed by atoms with Gasteiger partial charge in [0.15, 0.2) is 17.5 Å². The molecule has 0 fully saturated rings. The van der Waals surface area contributed by atoms with E-state index in [1.165, 1.54) is 6.07 Å². The standard InChI is InChI=1S/C20H26FN3O2/c1-14-11-16(5-7-17(14)21)13-24-20(22-2)23-10-9-15-6-8-18(25-3)19(12-15)26-4/h5-8,11-12H,9-10,13H2,1-4H3,(H2,22,23,24). The third-order valence-electron chi connectivity index (χ3n) is 4.06. The van der Waals surface area contributed by atoms with Crippen molar-refractivity contribution >= 4 is 5.96 Å². The predicted octanol–water partition coefficient (Wildman–Crippen LogP) is 3.06. The first-order valence-electron chi connectivity index (χ1n) is 8.47. The van der Waals surface area contributed by atoms with E-state index < -0.39 is 0 Å². The maximum atomic E-state index is 13.3. The third kappa shape index (κ3) is 5.37. The normalized spacial score (nSPS) is 11.2. The van der Waals surface area contributed by atoms with Gasteiger partial charge in [0.1, 0.15) is 5.82 Å². The van der Waals surface area contributed by atoms with Crippen LogP contribution in [0.4, 0.5) is 4.39 Å². The fourth-order valence-electron chi connectivity index (χ4n) is 2.58. The van der Waals surface area contributed by atoms with Crippen LogP contribution in [-0.4, -0.2) is 33.8 Å². The van der Waals surface area contributed by atoms with E-state index in [1.54, 1.807) is 34.3 Å². The molecule has 0 amide bonds. The van der Waals surface area contributed by atoms with E-state index in [1.807, 2.05) is 24.3 Å². The van der Waals surface area contributed by atoms with Crippen LogP contribution in [0.2, 0.25) is 0 Å². The first-order chi connectivity index (χ1) is 12.6. The number of rotatable bonds is 7. The molecule has 0 saturated heterocycles. The van der Waals surface area contributed by atoms with Crippen molar-refractivity contribution < 1.29 is 13.9 Å². The SMILES string of the molecule is CN=C(NCCc1ccc(OC)c(OC)c1)NCc1ccc(F)c(C)c1. The number of guanidine groups is 1. The molecule has 2 rings (SSSR count). The number of nitrogens with zero attached hydrogens (tertiary/aromatic N) is 1. The van der Waals surface area contributed by atoms with Gasteiger partial charge in [-0.2, -0.15) is 0 Å². The van der Waals surface area contributed by atoms with Crippen molar-refractivity contribution in [1.82, 2.24) is 10.6 Å². The summed E-state index contributed by atoms with van der Waals surface area (Å²) < 4.78 is 23.9. The van der Waals surface area contributed by atoms with Gasteiger partial charge in [0.25, 0.3) is 0 Å². The van der Waals surface area contributed by atoms with Gasteiger partial charge in [-0.15, -0.1) is 0 Å². The monoisotopic (exact) mass is 359 g/mol.